The van der Waals surface area contributed by atoms with Crippen LogP contribution in [0.3, 0.4) is 0 Å². The third kappa shape index (κ3) is 4.46. The van der Waals surface area contributed by atoms with E-state index in [4.69, 9.17) is 4.74 Å². The van der Waals surface area contributed by atoms with Crippen molar-refractivity contribution in [3.8, 4) is 17.0 Å². The Kier molecular flexibility index (Phi) is 5.60. The summed E-state index contributed by atoms with van der Waals surface area (Å²) in [4.78, 5) is 13.2. The van der Waals surface area contributed by atoms with Gasteiger partial charge in [-0.3, -0.25) is 4.98 Å². The van der Waals surface area contributed by atoms with Crippen molar-refractivity contribution < 1.29 is 9.84 Å². The first-order valence-corrected chi connectivity index (χ1v) is 8.26. The van der Waals surface area contributed by atoms with Crippen molar-refractivity contribution >= 4 is 17.5 Å². The molecule has 7 heteroatoms. The number of methoxy groups -OCH3 is 1. The molecule has 0 aliphatic heterocycles. The maximum Gasteiger partial charge on any atom is 0.225 e. The first-order chi connectivity index (χ1) is 12.7. The van der Waals surface area contributed by atoms with Crippen molar-refractivity contribution in [2.75, 3.05) is 24.4 Å². The topological polar surface area (TPSA) is 92.2 Å². The second-order valence-electron chi connectivity index (χ2n) is 5.79. The smallest absolute Gasteiger partial charge is 0.225 e. The molecule has 7 nitrogen and oxygen atoms in total. The standard InChI is InChI=1S/C19H21N5O2/c1-13(12-25)21-19-23-17(14-5-4-8-20-11-14)10-18(24-19)22-15-6-3-7-16(9-15)26-2/h3-11,13,25H,12H2,1-2H3,(H2,21,22,23,24)/t13-/m1/s1. The molecule has 0 saturated heterocycles. The molecule has 0 bridgehead atoms. The van der Waals surface area contributed by atoms with Crippen LogP contribution < -0.4 is 15.4 Å². The number of nitrogens with one attached hydrogen (secondary N) is 2. The fraction of sp³-hybridized carbons (Fsp3) is 0.211. The van der Waals surface area contributed by atoms with Crippen LogP contribution >= 0.6 is 0 Å². The van der Waals surface area contributed by atoms with Crippen molar-refractivity contribution in [2.45, 2.75) is 13.0 Å². The number of aromatic nitrogens is 3. The Hall–Kier alpha value is -3.19. The number of ether oxygens (including phenoxy) is 1. The van der Waals surface area contributed by atoms with Gasteiger partial charge in [0.25, 0.3) is 0 Å². The minimum absolute atomic E-state index is 0.0148. The zero-order valence-electron chi connectivity index (χ0n) is 14.7. The normalized spacial score (nSPS) is 11.7. The molecule has 0 spiro atoms. The van der Waals surface area contributed by atoms with Crippen LogP contribution in [0, 0.1) is 0 Å². The predicted molar refractivity (Wildman–Crippen MR) is 102 cm³/mol. The zero-order valence-corrected chi connectivity index (χ0v) is 14.7. The van der Waals surface area contributed by atoms with E-state index in [0.717, 1.165) is 22.7 Å². The third-order valence-corrected chi connectivity index (χ3v) is 3.67. The van der Waals surface area contributed by atoms with Crippen molar-refractivity contribution in [3.63, 3.8) is 0 Å². The van der Waals surface area contributed by atoms with E-state index in [9.17, 15) is 5.11 Å². The van der Waals surface area contributed by atoms with Gasteiger partial charge >= 0.3 is 0 Å². The summed E-state index contributed by atoms with van der Waals surface area (Å²) in [5.74, 6) is 1.81. The maximum atomic E-state index is 9.29. The van der Waals surface area contributed by atoms with Crippen LogP contribution in [0.25, 0.3) is 11.3 Å². The Morgan fingerprint density at radius 1 is 1.15 bits per heavy atom. The number of anilines is 3. The second-order valence-corrected chi connectivity index (χ2v) is 5.79. The van der Waals surface area contributed by atoms with Gasteiger partial charge in [-0.25, -0.2) is 4.98 Å². The lowest BCUT2D eigenvalue weighted by molar-refractivity contribution is 0.281. The molecule has 0 radical (unpaired) electrons. The van der Waals surface area contributed by atoms with E-state index < -0.39 is 0 Å². The lowest BCUT2D eigenvalue weighted by Crippen LogP contribution is -2.21. The average molecular weight is 351 g/mol. The van der Waals surface area contributed by atoms with Crippen molar-refractivity contribution in [1.29, 1.82) is 0 Å². The number of hydrogen-bond donors (Lipinski definition) is 3. The molecule has 0 aliphatic rings. The molecule has 0 fully saturated rings. The highest BCUT2D eigenvalue weighted by Gasteiger charge is 2.10. The highest BCUT2D eigenvalue weighted by molar-refractivity contribution is 5.67. The van der Waals surface area contributed by atoms with Crippen LogP contribution in [0.15, 0.2) is 54.9 Å². The number of benzene rings is 1. The number of rotatable bonds is 7. The van der Waals surface area contributed by atoms with E-state index in [1.54, 1.807) is 19.5 Å². The molecule has 1 aromatic carbocycles. The van der Waals surface area contributed by atoms with Gasteiger partial charge in [0.05, 0.1) is 19.4 Å². The van der Waals surface area contributed by atoms with Gasteiger partial charge < -0.3 is 20.5 Å². The van der Waals surface area contributed by atoms with Gasteiger partial charge in [0.2, 0.25) is 5.95 Å². The molecule has 0 saturated carbocycles. The van der Waals surface area contributed by atoms with E-state index in [-0.39, 0.29) is 12.6 Å². The van der Waals surface area contributed by atoms with Crippen LogP contribution in [-0.2, 0) is 0 Å². The van der Waals surface area contributed by atoms with Crippen LogP contribution in [0.1, 0.15) is 6.92 Å². The molecular weight excluding hydrogens is 330 g/mol. The van der Waals surface area contributed by atoms with Crippen molar-refractivity contribution in [3.05, 3.63) is 54.9 Å². The Labute approximate surface area is 152 Å². The quantitative estimate of drug-likeness (QED) is 0.602. The molecule has 0 unspecified atom stereocenters. The maximum absolute atomic E-state index is 9.29. The Morgan fingerprint density at radius 3 is 2.77 bits per heavy atom. The molecule has 3 rings (SSSR count). The van der Waals surface area contributed by atoms with Crippen LogP contribution in [0.2, 0.25) is 0 Å². The Balaban J connectivity index is 1.96. The summed E-state index contributed by atoms with van der Waals surface area (Å²) >= 11 is 0. The molecule has 134 valence electrons. The Morgan fingerprint density at radius 2 is 2.04 bits per heavy atom. The summed E-state index contributed by atoms with van der Waals surface area (Å²) in [6, 6.07) is 13.1. The monoisotopic (exact) mass is 351 g/mol. The summed E-state index contributed by atoms with van der Waals surface area (Å²) in [5.41, 5.74) is 2.45. The van der Waals surface area contributed by atoms with Crippen molar-refractivity contribution in [1.82, 2.24) is 15.0 Å². The third-order valence-electron chi connectivity index (χ3n) is 3.67. The minimum atomic E-state index is -0.163. The summed E-state index contributed by atoms with van der Waals surface area (Å²) in [6.07, 6.45) is 3.46. The van der Waals surface area contributed by atoms with Gasteiger partial charge in [0, 0.05) is 41.8 Å². The molecule has 0 aliphatic carbocycles. The predicted octanol–water partition coefficient (Wildman–Crippen LogP) is 3.08. The highest BCUT2D eigenvalue weighted by Crippen LogP contribution is 2.25. The van der Waals surface area contributed by atoms with Crippen molar-refractivity contribution in [2.24, 2.45) is 0 Å². The van der Waals surface area contributed by atoms with E-state index in [1.165, 1.54) is 0 Å². The number of pyridine rings is 1. The fourth-order valence-corrected chi connectivity index (χ4v) is 2.35. The van der Waals surface area contributed by atoms with E-state index in [1.807, 2.05) is 49.4 Å². The lowest BCUT2D eigenvalue weighted by atomic mass is 10.2. The second kappa shape index (κ2) is 8.26. The van der Waals surface area contributed by atoms with Gasteiger partial charge in [0.1, 0.15) is 11.6 Å². The molecule has 3 N–H and O–H groups in total. The highest BCUT2D eigenvalue weighted by atomic mass is 16.5. The van der Waals surface area contributed by atoms with E-state index in [0.29, 0.717) is 11.8 Å². The number of nitrogens with zero attached hydrogens (tertiary/aromatic N) is 3. The number of aliphatic hydroxyl groups is 1. The minimum Gasteiger partial charge on any atom is -0.497 e. The first-order valence-electron chi connectivity index (χ1n) is 8.26. The van der Waals surface area contributed by atoms with Crippen LogP contribution in [-0.4, -0.2) is 39.8 Å². The molecule has 3 aromatic rings. The first kappa shape index (κ1) is 17.6. The SMILES string of the molecule is COc1cccc(Nc2cc(-c3cccnc3)nc(N[C@H](C)CO)n2)c1. The summed E-state index contributed by atoms with van der Waals surface area (Å²) in [5, 5.41) is 15.6. The molecular formula is C19H21N5O2. The zero-order chi connectivity index (χ0) is 18.4. The number of hydrogen-bond acceptors (Lipinski definition) is 7. The van der Waals surface area contributed by atoms with E-state index in [2.05, 4.69) is 25.6 Å². The lowest BCUT2D eigenvalue weighted by Gasteiger charge is -2.14. The summed E-state index contributed by atoms with van der Waals surface area (Å²) in [7, 11) is 1.63. The van der Waals surface area contributed by atoms with Crippen LogP contribution in [0.5, 0.6) is 5.75 Å². The van der Waals surface area contributed by atoms with Gasteiger partial charge in [-0.1, -0.05) is 6.07 Å². The molecule has 1 atom stereocenters. The summed E-state index contributed by atoms with van der Waals surface area (Å²) < 4.78 is 5.26. The van der Waals surface area contributed by atoms with Gasteiger partial charge in [0.15, 0.2) is 0 Å². The van der Waals surface area contributed by atoms with Gasteiger partial charge in [-0.05, 0) is 31.2 Å². The van der Waals surface area contributed by atoms with E-state index >= 15 is 0 Å². The van der Waals surface area contributed by atoms with Gasteiger partial charge in [-0.15, -0.1) is 0 Å². The molecule has 26 heavy (non-hydrogen) atoms. The molecule has 2 heterocycles. The summed E-state index contributed by atoms with van der Waals surface area (Å²) in [6.45, 7) is 1.84. The fourth-order valence-electron chi connectivity index (χ4n) is 2.35. The van der Waals surface area contributed by atoms with Gasteiger partial charge in [-0.2, -0.15) is 4.98 Å². The van der Waals surface area contributed by atoms with Crippen LogP contribution in [0.4, 0.5) is 17.5 Å². The molecule has 0 amide bonds. The Bertz CT molecular complexity index is 858. The molecule has 2 aromatic heterocycles. The number of aliphatic hydroxyl groups excluding tert-OH is 1. The largest absolute Gasteiger partial charge is 0.497 e. The average Bonchev–Trinajstić information content (AvgIpc) is 2.68.